The normalized spacial score (nSPS) is 11.8. The molecule has 6 heteroatoms. The Morgan fingerprint density at radius 3 is 2.67 bits per heavy atom. The van der Waals surface area contributed by atoms with E-state index in [1.165, 1.54) is 13.8 Å². The van der Waals surface area contributed by atoms with Crippen LogP contribution in [0.5, 0.6) is 0 Å². The molecule has 0 spiro atoms. The Bertz CT molecular complexity index is 1010. The lowest BCUT2D eigenvalue weighted by Crippen LogP contribution is -2.30. The molecule has 3 aromatic rings. The predicted molar refractivity (Wildman–Crippen MR) is 103 cm³/mol. The fourth-order valence-electron chi connectivity index (χ4n) is 2.79. The topological polar surface area (TPSA) is 88.3 Å². The van der Waals surface area contributed by atoms with Crippen molar-refractivity contribution in [2.45, 2.75) is 26.4 Å². The number of aromatic amines is 1. The van der Waals surface area contributed by atoms with Crippen molar-refractivity contribution in [2.75, 3.05) is 5.32 Å². The summed E-state index contributed by atoms with van der Waals surface area (Å²) < 4.78 is 5.25. The number of benzene rings is 2. The molecule has 0 aliphatic rings. The highest BCUT2D eigenvalue weighted by Gasteiger charge is 2.19. The average molecular weight is 364 g/mol. The highest BCUT2D eigenvalue weighted by atomic mass is 16.5. The minimum Gasteiger partial charge on any atom is -0.452 e. The maximum atomic E-state index is 12.3. The third kappa shape index (κ3) is 4.41. The number of amides is 1. The molecule has 1 amide bonds. The van der Waals surface area contributed by atoms with Crippen molar-refractivity contribution >= 4 is 34.3 Å². The Kier molecular flexibility index (Phi) is 5.35. The molecule has 0 unspecified atom stereocenters. The van der Waals surface area contributed by atoms with Crippen LogP contribution in [-0.4, -0.2) is 28.7 Å². The maximum absolute atomic E-state index is 12.3. The number of fused-ring (bicyclic) bond motifs is 1. The van der Waals surface area contributed by atoms with Crippen LogP contribution in [0.25, 0.3) is 10.9 Å². The first-order valence-electron chi connectivity index (χ1n) is 8.60. The van der Waals surface area contributed by atoms with Crippen molar-refractivity contribution in [3.05, 3.63) is 65.9 Å². The lowest BCUT2D eigenvalue weighted by Gasteiger charge is -2.14. The summed E-state index contributed by atoms with van der Waals surface area (Å²) in [4.78, 5) is 39.0. The van der Waals surface area contributed by atoms with E-state index in [0.717, 1.165) is 16.5 Å². The fraction of sp³-hybridized carbons (Fsp3) is 0.190. The lowest BCUT2D eigenvalue weighted by molar-refractivity contribution is -0.152. The number of ketones is 1. The summed E-state index contributed by atoms with van der Waals surface area (Å²) in [5, 5.41) is 3.61. The van der Waals surface area contributed by atoms with Gasteiger partial charge in [-0.25, -0.2) is 0 Å². The number of para-hydroxylation sites is 1. The van der Waals surface area contributed by atoms with Gasteiger partial charge < -0.3 is 15.0 Å². The standard InChI is InChI=1S/C21H20N2O4/c1-13(24)15-6-5-7-17(10-15)23-21(26)14(2)27-20(25)11-16-12-22-19-9-4-3-8-18(16)19/h3-10,12,14,22H,11H2,1-2H3,(H,23,26)/t14-/m0/s1. The van der Waals surface area contributed by atoms with Gasteiger partial charge in [-0.2, -0.15) is 0 Å². The van der Waals surface area contributed by atoms with Crippen LogP contribution >= 0.6 is 0 Å². The van der Waals surface area contributed by atoms with Gasteiger partial charge >= 0.3 is 5.97 Å². The third-order valence-electron chi connectivity index (χ3n) is 4.22. The number of H-pyrrole nitrogens is 1. The number of anilines is 1. The van der Waals surface area contributed by atoms with Gasteiger partial charge in [0, 0.05) is 28.4 Å². The van der Waals surface area contributed by atoms with Crippen molar-refractivity contribution in [3.63, 3.8) is 0 Å². The van der Waals surface area contributed by atoms with Gasteiger partial charge in [-0.3, -0.25) is 14.4 Å². The van der Waals surface area contributed by atoms with E-state index in [1.807, 2.05) is 24.3 Å². The molecule has 1 aromatic heterocycles. The highest BCUT2D eigenvalue weighted by Crippen LogP contribution is 2.19. The molecule has 27 heavy (non-hydrogen) atoms. The lowest BCUT2D eigenvalue weighted by atomic mass is 10.1. The maximum Gasteiger partial charge on any atom is 0.311 e. The molecule has 0 bridgehead atoms. The van der Waals surface area contributed by atoms with Crippen LogP contribution in [0.3, 0.4) is 0 Å². The molecule has 0 saturated carbocycles. The second kappa shape index (κ2) is 7.86. The summed E-state index contributed by atoms with van der Waals surface area (Å²) in [5.41, 5.74) is 2.73. The molecule has 138 valence electrons. The van der Waals surface area contributed by atoms with Crippen molar-refractivity contribution in [3.8, 4) is 0 Å². The van der Waals surface area contributed by atoms with E-state index in [0.29, 0.717) is 11.3 Å². The van der Waals surface area contributed by atoms with Crippen LogP contribution in [0.4, 0.5) is 5.69 Å². The Balaban J connectivity index is 1.60. The van der Waals surface area contributed by atoms with Gasteiger partial charge in [0.25, 0.3) is 5.91 Å². The molecule has 0 radical (unpaired) electrons. The predicted octanol–water partition coefficient (Wildman–Crippen LogP) is 3.48. The van der Waals surface area contributed by atoms with E-state index >= 15 is 0 Å². The van der Waals surface area contributed by atoms with E-state index in [1.54, 1.807) is 30.5 Å². The van der Waals surface area contributed by atoms with Gasteiger partial charge in [-0.05, 0) is 37.6 Å². The summed E-state index contributed by atoms with van der Waals surface area (Å²) in [6, 6.07) is 14.3. The molecule has 3 rings (SSSR count). The zero-order chi connectivity index (χ0) is 19.4. The average Bonchev–Trinajstić information content (AvgIpc) is 3.04. The number of hydrogen-bond acceptors (Lipinski definition) is 4. The molecule has 0 saturated heterocycles. The fourth-order valence-corrected chi connectivity index (χ4v) is 2.79. The van der Waals surface area contributed by atoms with Gasteiger partial charge in [0.2, 0.25) is 0 Å². The molecule has 0 aliphatic carbocycles. The number of ether oxygens (including phenoxy) is 1. The molecule has 0 fully saturated rings. The molecule has 1 atom stereocenters. The van der Waals surface area contributed by atoms with Crippen LogP contribution in [0.1, 0.15) is 29.8 Å². The quantitative estimate of drug-likeness (QED) is 0.518. The molecule has 2 N–H and O–H groups in total. The van der Waals surface area contributed by atoms with Crippen LogP contribution < -0.4 is 5.32 Å². The van der Waals surface area contributed by atoms with E-state index < -0.39 is 18.0 Å². The number of nitrogens with one attached hydrogen (secondary N) is 2. The first-order valence-corrected chi connectivity index (χ1v) is 8.60. The van der Waals surface area contributed by atoms with Crippen LogP contribution in [-0.2, 0) is 20.7 Å². The second-order valence-electron chi connectivity index (χ2n) is 6.29. The largest absolute Gasteiger partial charge is 0.452 e. The zero-order valence-electron chi connectivity index (χ0n) is 15.1. The Hall–Kier alpha value is -3.41. The molecule has 2 aromatic carbocycles. The van der Waals surface area contributed by atoms with Gasteiger partial charge in [-0.15, -0.1) is 0 Å². The first-order chi connectivity index (χ1) is 12.9. The Morgan fingerprint density at radius 2 is 1.89 bits per heavy atom. The molecule has 6 nitrogen and oxygen atoms in total. The third-order valence-corrected chi connectivity index (χ3v) is 4.22. The van der Waals surface area contributed by atoms with Gasteiger partial charge in [-0.1, -0.05) is 30.3 Å². The van der Waals surface area contributed by atoms with Crippen LogP contribution in [0.2, 0.25) is 0 Å². The Labute approximate surface area is 156 Å². The van der Waals surface area contributed by atoms with Gasteiger partial charge in [0.1, 0.15) is 0 Å². The van der Waals surface area contributed by atoms with Crippen molar-refractivity contribution in [1.82, 2.24) is 4.98 Å². The summed E-state index contributed by atoms with van der Waals surface area (Å²) in [5.74, 6) is -1.04. The minimum absolute atomic E-state index is 0.0709. The number of esters is 1. The van der Waals surface area contributed by atoms with E-state index in [9.17, 15) is 14.4 Å². The molecule has 0 aliphatic heterocycles. The number of hydrogen-bond donors (Lipinski definition) is 2. The SMILES string of the molecule is CC(=O)c1cccc(NC(=O)[C@H](C)OC(=O)Cc2c[nH]c3ccccc23)c1. The summed E-state index contributed by atoms with van der Waals surface area (Å²) in [6.45, 7) is 2.97. The summed E-state index contributed by atoms with van der Waals surface area (Å²) in [7, 11) is 0. The summed E-state index contributed by atoms with van der Waals surface area (Å²) in [6.07, 6.45) is 0.884. The molecule has 1 heterocycles. The Morgan fingerprint density at radius 1 is 1.11 bits per heavy atom. The van der Waals surface area contributed by atoms with Crippen molar-refractivity contribution in [1.29, 1.82) is 0 Å². The van der Waals surface area contributed by atoms with Crippen molar-refractivity contribution < 1.29 is 19.1 Å². The number of rotatable bonds is 6. The van der Waals surface area contributed by atoms with Crippen molar-refractivity contribution in [2.24, 2.45) is 0 Å². The number of aromatic nitrogens is 1. The second-order valence-corrected chi connectivity index (χ2v) is 6.29. The number of Topliss-reactive ketones (excluding diaryl/α,β-unsaturated/α-hetero) is 1. The van der Waals surface area contributed by atoms with E-state index in [2.05, 4.69) is 10.3 Å². The zero-order valence-corrected chi connectivity index (χ0v) is 15.1. The van der Waals surface area contributed by atoms with E-state index in [-0.39, 0.29) is 12.2 Å². The molecular formula is C21H20N2O4. The highest BCUT2D eigenvalue weighted by molar-refractivity contribution is 5.98. The number of carbonyl (C=O) groups is 3. The minimum atomic E-state index is -0.955. The van der Waals surface area contributed by atoms with Crippen LogP contribution in [0.15, 0.2) is 54.7 Å². The smallest absolute Gasteiger partial charge is 0.311 e. The summed E-state index contributed by atoms with van der Waals surface area (Å²) >= 11 is 0. The monoisotopic (exact) mass is 364 g/mol. The van der Waals surface area contributed by atoms with Gasteiger partial charge in [0.15, 0.2) is 11.9 Å². The van der Waals surface area contributed by atoms with E-state index in [4.69, 9.17) is 4.74 Å². The van der Waals surface area contributed by atoms with Gasteiger partial charge in [0.05, 0.1) is 6.42 Å². The van der Waals surface area contributed by atoms with Crippen LogP contribution in [0, 0.1) is 0 Å². The molecular weight excluding hydrogens is 344 g/mol. The first kappa shape index (κ1) is 18.4. The number of carbonyl (C=O) groups excluding carboxylic acids is 3.